The van der Waals surface area contributed by atoms with E-state index in [0.717, 1.165) is 37.3 Å². The molecular weight excluding hydrogens is 230 g/mol. The van der Waals surface area contributed by atoms with Crippen molar-refractivity contribution in [2.24, 2.45) is 0 Å². The molecule has 100 valence electrons. The summed E-state index contributed by atoms with van der Waals surface area (Å²) in [6, 6.07) is 3.75. The Kier molecular flexibility index (Phi) is 4.55. The predicted octanol–water partition coefficient (Wildman–Crippen LogP) is 2.26. The van der Waals surface area contributed by atoms with Crippen LogP contribution in [0, 0.1) is 0 Å². The summed E-state index contributed by atoms with van der Waals surface area (Å²) in [5.41, 5.74) is 1.82. The lowest BCUT2D eigenvalue weighted by atomic mass is 10.1. The van der Waals surface area contributed by atoms with Crippen LogP contribution in [0.4, 0.5) is 0 Å². The molecule has 0 atom stereocenters. The summed E-state index contributed by atoms with van der Waals surface area (Å²) in [5, 5.41) is 9.27. The Morgan fingerprint density at radius 2 is 2.11 bits per heavy atom. The molecule has 1 aliphatic rings. The molecule has 1 saturated heterocycles. The van der Waals surface area contributed by atoms with Crippen LogP contribution in [0.15, 0.2) is 12.1 Å². The van der Waals surface area contributed by atoms with E-state index >= 15 is 0 Å². The Morgan fingerprint density at radius 3 is 2.72 bits per heavy atom. The van der Waals surface area contributed by atoms with E-state index in [2.05, 4.69) is 18.8 Å². The second-order valence-electron chi connectivity index (χ2n) is 4.98. The molecular formula is C14H21NO3. The molecule has 0 radical (unpaired) electrons. The summed E-state index contributed by atoms with van der Waals surface area (Å²) in [6.45, 7) is 5.69. The molecule has 0 unspecified atom stereocenters. The zero-order chi connectivity index (χ0) is 13.0. The van der Waals surface area contributed by atoms with Gasteiger partial charge in [0, 0.05) is 24.6 Å². The first-order valence-electron chi connectivity index (χ1n) is 6.55. The normalized spacial score (nSPS) is 17.1. The lowest BCUT2D eigenvalue weighted by molar-refractivity contribution is 0.0235. The highest BCUT2D eigenvalue weighted by atomic mass is 16.5. The number of rotatable bonds is 4. The number of pyridine rings is 1. The van der Waals surface area contributed by atoms with Crippen LogP contribution < -0.4 is 4.74 Å². The van der Waals surface area contributed by atoms with Crippen molar-refractivity contribution in [3.05, 3.63) is 23.4 Å². The SMILES string of the molecule is CC(C)c1cc(CO)cc(OC2CCOCC2)n1. The van der Waals surface area contributed by atoms with Crippen LogP contribution >= 0.6 is 0 Å². The molecule has 2 rings (SSSR count). The van der Waals surface area contributed by atoms with Gasteiger partial charge in [-0.3, -0.25) is 0 Å². The maximum atomic E-state index is 9.27. The average molecular weight is 251 g/mol. The van der Waals surface area contributed by atoms with Gasteiger partial charge >= 0.3 is 0 Å². The number of aromatic nitrogens is 1. The zero-order valence-electron chi connectivity index (χ0n) is 11.1. The Hall–Kier alpha value is -1.13. The summed E-state index contributed by atoms with van der Waals surface area (Å²) in [5.74, 6) is 0.950. The van der Waals surface area contributed by atoms with Crippen molar-refractivity contribution in [3.8, 4) is 5.88 Å². The van der Waals surface area contributed by atoms with Crippen molar-refractivity contribution in [3.63, 3.8) is 0 Å². The fourth-order valence-corrected chi connectivity index (χ4v) is 1.99. The summed E-state index contributed by atoms with van der Waals surface area (Å²) in [7, 11) is 0. The molecule has 0 aromatic carbocycles. The van der Waals surface area contributed by atoms with Gasteiger partial charge in [0.2, 0.25) is 5.88 Å². The minimum atomic E-state index is 0.0202. The van der Waals surface area contributed by atoms with Gasteiger partial charge in [0.05, 0.1) is 19.8 Å². The van der Waals surface area contributed by atoms with Crippen molar-refractivity contribution in [2.75, 3.05) is 13.2 Å². The minimum absolute atomic E-state index is 0.0202. The number of nitrogens with zero attached hydrogens (tertiary/aromatic N) is 1. The van der Waals surface area contributed by atoms with Crippen LogP contribution in [-0.2, 0) is 11.3 Å². The van der Waals surface area contributed by atoms with E-state index in [9.17, 15) is 5.11 Å². The van der Waals surface area contributed by atoms with Gasteiger partial charge in [-0.2, -0.15) is 0 Å². The molecule has 1 N–H and O–H groups in total. The van der Waals surface area contributed by atoms with Crippen molar-refractivity contribution in [2.45, 2.75) is 45.3 Å². The summed E-state index contributed by atoms with van der Waals surface area (Å²) in [4.78, 5) is 4.50. The predicted molar refractivity (Wildman–Crippen MR) is 68.7 cm³/mol. The van der Waals surface area contributed by atoms with Crippen LogP contribution in [0.25, 0.3) is 0 Å². The molecule has 0 bridgehead atoms. The maximum absolute atomic E-state index is 9.27. The number of hydrogen-bond acceptors (Lipinski definition) is 4. The first-order valence-corrected chi connectivity index (χ1v) is 6.55. The van der Waals surface area contributed by atoms with Crippen molar-refractivity contribution >= 4 is 0 Å². The Labute approximate surface area is 108 Å². The van der Waals surface area contributed by atoms with Crippen LogP contribution in [0.2, 0.25) is 0 Å². The third-order valence-corrected chi connectivity index (χ3v) is 3.11. The molecule has 1 aromatic rings. The third kappa shape index (κ3) is 3.43. The summed E-state index contributed by atoms with van der Waals surface area (Å²) < 4.78 is 11.2. The van der Waals surface area contributed by atoms with Gasteiger partial charge in [-0.25, -0.2) is 4.98 Å². The molecule has 0 amide bonds. The lowest BCUT2D eigenvalue weighted by Crippen LogP contribution is -2.26. The first kappa shape index (κ1) is 13.3. The topological polar surface area (TPSA) is 51.6 Å². The van der Waals surface area contributed by atoms with E-state index in [1.54, 1.807) is 0 Å². The number of aliphatic hydroxyl groups is 1. The minimum Gasteiger partial charge on any atom is -0.474 e. The van der Waals surface area contributed by atoms with E-state index in [1.807, 2.05) is 12.1 Å². The molecule has 1 aliphatic heterocycles. The molecule has 4 nitrogen and oxygen atoms in total. The van der Waals surface area contributed by atoms with E-state index in [-0.39, 0.29) is 12.7 Å². The van der Waals surface area contributed by atoms with E-state index in [0.29, 0.717) is 11.8 Å². The molecule has 1 aromatic heterocycles. The lowest BCUT2D eigenvalue weighted by Gasteiger charge is -2.23. The smallest absolute Gasteiger partial charge is 0.214 e. The highest BCUT2D eigenvalue weighted by Gasteiger charge is 2.16. The van der Waals surface area contributed by atoms with Crippen LogP contribution in [0.3, 0.4) is 0 Å². The third-order valence-electron chi connectivity index (χ3n) is 3.11. The Morgan fingerprint density at radius 1 is 1.39 bits per heavy atom. The van der Waals surface area contributed by atoms with E-state index in [4.69, 9.17) is 9.47 Å². The Bertz CT molecular complexity index is 387. The molecule has 0 aliphatic carbocycles. The number of aliphatic hydroxyl groups excluding tert-OH is 1. The molecule has 0 spiro atoms. The summed E-state index contributed by atoms with van der Waals surface area (Å²) in [6.07, 6.45) is 1.99. The molecule has 18 heavy (non-hydrogen) atoms. The van der Waals surface area contributed by atoms with Gasteiger partial charge in [0.25, 0.3) is 0 Å². The fraction of sp³-hybridized carbons (Fsp3) is 0.643. The highest BCUT2D eigenvalue weighted by Crippen LogP contribution is 2.22. The zero-order valence-corrected chi connectivity index (χ0v) is 11.1. The average Bonchev–Trinajstić information content (AvgIpc) is 2.39. The molecule has 0 saturated carbocycles. The quantitative estimate of drug-likeness (QED) is 0.891. The Balaban J connectivity index is 2.12. The first-order chi connectivity index (χ1) is 8.69. The van der Waals surface area contributed by atoms with Crippen LogP contribution in [-0.4, -0.2) is 29.4 Å². The fourth-order valence-electron chi connectivity index (χ4n) is 1.99. The summed E-state index contributed by atoms with van der Waals surface area (Å²) >= 11 is 0. The van der Waals surface area contributed by atoms with Crippen LogP contribution in [0.5, 0.6) is 5.88 Å². The molecule has 2 heterocycles. The highest BCUT2D eigenvalue weighted by molar-refractivity contribution is 5.26. The van der Waals surface area contributed by atoms with E-state index in [1.165, 1.54) is 0 Å². The molecule has 4 heteroatoms. The maximum Gasteiger partial charge on any atom is 0.214 e. The van der Waals surface area contributed by atoms with Crippen molar-refractivity contribution in [1.82, 2.24) is 4.98 Å². The van der Waals surface area contributed by atoms with Crippen molar-refractivity contribution < 1.29 is 14.6 Å². The van der Waals surface area contributed by atoms with Gasteiger partial charge in [0.1, 0.15) is 6.10 Å². The van der Waals surface area contributed by atoms with Gasteiger partial charge in [-0.15, -0.1) is 0 Å². The number of ether oxygens (including phenoxy) is 2. The molecule has 1 fully saturated rings. The second-order valence-corrected chi connectivity index (χ2v) is 4.98. The largest absolute Gasteiger partial charge is 0.474 e. The van der Waals surface area contributed by atoms with Crippen LogP contribution in [0.1, 0.15) is 43.9 Å². The van der Waals surface area contributed by atoms with Gasteiger partial charge in [0.15, 0.2) is 0 Å². The standard InChI is InChI=1S/C14H21NO3/c1-10(2)13-7-11(9-16)8-14(15-13)18-12-3-5-17-6-4-12/h7-8,10,12,16H,3-6,9H2,1-2H3. The van der Waals surface area contributed by atoms with Gasteiger partial charge < -0.3 is 14.6 Å². The second kappa shape index (κ2) is 6.16. The van der Waals surface area contributed by atoms with Gasteiger partial charge in [-0.1, -0.05) is 13.8 Å². The van der Waals surface area contributed by atoms with Gasteiger partial charge in [-0.05, 0) is 17.5 Å². The number of hydrogen-bond donors (Lipinski definition) is 1. The monoisotopic (exact) mass is 251 g/mol. The van der Waals surface area contributed by atoms with Crippen molar-refractivity contribution in [1.29, 1.82) is 0 Å². The van der Waals surface area contributed by atoms with E-state index < -0.39 is 0 Å².